The monoisotopic (exact) mass is 415 g/mol. The summed E-state index contributed by atoms with van der Waals surface area (Å²) in [6.45, 7) is 1.46. The van der Waals surface area contributed by atoms with Gasteiger partial charge in [-0.25, -0.2) is 0 Å². The van der Waals surface area contributed by atoms with Crippen LogP contribution in [0.2, 0.25) is 25.1 Å². The van der Waals surface area contributed by atoms with Crippen molar-refractivity contribution in [3.8, 4) is 5.75 Å². The van der Waals surface area contributed by atoms with Gasteiger partial charge in [0.1, 0.15) is 15.9 Å². The Bertz CT molecular complexity index is 746. The fourth-order valence-corrected chi connectivity index (χ4v) is 2.99. The number of halogens is 5. The topological polar surface area (TPSA) is 56.1 Å². The first-order chi connectivity index (χ1) is 10.7. The van der Waals surface area contributed by atoms with Gasteiger partial charge in [-0.3, -0.25) is 9.48 Å². The van der Waals surface area contributed by atoms with Gasteiger partial charge in [-0.15, -0.1) is 0 Å². The summed E-state index contributed by atoms with van der Waals surface area (Å²) < 4.78 is 6.86. The van der Waals surface area contributed by atoms with E-state index in [1.165, 1.54) is 4.68 Å². The molecule has 0 spiro atoms. The number of ether oxygens (including phenoxy) is 1. The summed E-state index contributed by atoms with van der Waals surface area (Å²) >= 11 is 29.8. The summed E-state index contributed by atoms with van der Waals surface area (Å²) in [7, 11) is 1.70. The average molecular weight is 418 g/mol. The molecule has 2 aromatic rings. The molecule has 124 valence electrons. The van der Waals surface area contributed by atoms with Crippen LogP contribution in [0.15, 0.2) is 6.07 Å². The Morgan fingerprint density at radius 3 is 2.13 bits per heavy atom. The van der Waals surface area contributed by atoms with Crippen LogP contribution in [-0.4, -0.2) is 22.3 Å². The first-order valence-electron chi connectivity index (χ1n) is 6.17. The highest BCUT2D eigenvalue weighted by molar-refractivity contribution is 6.55. The summed E-state index contributed by atoms with van der Waals surface area (Å²) in [5.74, 6) is 0.0897. The second-order valence-electron chi connectivity index (χ2n) is 4.53. The molecule has 0 saturated carbocycles. The van der Waals surface area contributed by atoms with Gasteiger partial charge in [0.05, 0.1) is 20.8 Å². The van der Waals surface area contributed by atoms with Gasteiger partial charge in [-0.1, -0.05) is 58.0 Å². The maximum absolute atomic E-state index is 12.0. The van der Waals surface area contributed by atoms with Crippen LogP contribution in [0.1, 0.15) is 5.69 Å². The molecule has 0 bridgehead atoms. The van der Waals surface area contributed by atoms with E-state index in [4.69, 9.17) is 62.7 Å². The fraction of sp³-hybridized carbons (Fsp3) is 0.231. The highest BCUT2D eigenvalue weighted by atomic mass is 35.5. The van der Waals surface area contributed by atoms with Gasteiger partial charge in [0.25, 0.3) is 5.91 Å². The minimum atomic E-state index is -0.428. The number of hydrogen-bond acceptors (Lipinski definition) is 3. The summed E-state index contributed by atoms with van der Waals surface area (Å²) in [5.41, 5.74) is 0.770. The van der Waals surface area contributed by atoms with E-state index in [2.05, 4.69) is 10.4 Å². The predicted molar refractivity (Wildman–Crippen MR) is 93.6 cm³/mol. The van der Waals surface area contributed by atoms with Gasteiger partial charge >= 0.3 is 0 Å². The van der Waals surface area contributed by atoms with Crippen molar-refractivity contribution >= 4 is 69.7 Å². The second kappa shape index (κ2) is 7.36. The molecule has 0 saturated heterocycles. The normalized spacial score (nSPS) is 10.7. The highest BCUT2D eigenvalue weighted by Crippen LogP contribution is 2.48. The molecule has 2 rings (SSSR count). The number of aryl methyl sites for hydroxylation is 2. The fourth-order valence-electron chi connectivity index (χ4n) is 1.76. The van der Waals surface area contributed by atoms with Crippen LogP contribution in [0.4, 0.5) is 5.82 Å². The third-order valence-electron chi connectivity index (χ3n) is 2.79. The first kappa shape index (κ1) is 18.5. The molecule has 1 aromatic heterocycles. The minimum Gasteiger partial charge on any atom is -0.481 e. The molecule has 0 aliphatic rings. The lowest BCUT2D eigenvalue weighted by Gasteiger charge is -2.13. The summed E-state index contributed by atoms with van der Waals surface area (Å²) in [6, 6.07) is 1.72. The number of anilines is 1. The highest BCUT2D eigenvalue weighted by Gasteiger charge is 2.21. The van der Waals surface area contributed by atoms with Crippen molar-refractivity contribution in [3.05, 3.63) is 36.9 Å². The van der Waals surface area contributed by atoms with Crippen LogP contribution in [0, 0.1) is 6.92 Å². The quantitative estimate of drug-likeness (QED) is 0.562. The number of nitrogens with one attached hydrogen (secondary N) is 1. The molecule has 0 aliphatic heterocycles. The van der Waals surface area contributed by atoms with Crippen LogP contribution in [0.3, 0.4) is 0 Å². The van der Waals surface area contributed by atoms with E-state index >= 15 is 0 Å². The smallest absolute Gasteiger partial charge is 0.263 e. The van der Waals surface area contributed by atoms with E-state index in [1.807, 2.05) is 6.92 Å². The zero-order valence-electron chi connectivity index (χ0n) is 11.9. The standard InChI is InChI=1S/C13H10Cl5N3O2/c1-5-3-6(21(2)20-5)19-7(22)4-23-13-11(17)9(15)8(14)10(16)12(13)18/h3H,4H2,1-2H3,(H,19,22). The number of hydrogen-bond donors (Lipinski definition) is 1. The molecule has 5 nitrogen and oxygen atoms in total. The van der Waals surface area contributed by atoms with Gasteiger partial charge in [-0.05, 0) is 6.92 Å². The lowest BCUT2D eigenvalue weighted by atomic mass is 10.3. The number of carbonyl (C=O) groups excluding carboxylic acids is 1. The summed E-state index contributed by atoms with van der Waals surface area (Å²) in [6.07, 6.45) is 0. The van der Waals surface area contributed by atoms with E-state index in [0.717, 1.165) is 5.69 Å². The van der Waals surface area contributed by atoms with Crippen molar-refractivity contribution in [3.63, 3.8) is 0 Å². The molecule has 0 fully saturated rings. The Morgan fingerprint density at radius 1 is 1.13 bits per heavy atom. The van der Waals surface area contributed by atoms with Crippen molar-refractivity contribution in [1.29, 1.82) is 0 Å². The molecule has 1 N–H and O–H groups in total. The average Bonchev–Trinajstić information content (AvgIpc) is 2.80. The van der Waals surface area contributed by atoms with E-state index in [9.17, 15) is 4.79 Å². The van der Waals surface area contributed by atoms with E-state index in [1.54, 1.807) is 13.1 Å². The SMILES string of the molecule is Cc1cc(NC(=O)COc2c(Cl)c(Cl)c(Cl)c(Cl)c2Cl)n(C)n1. The Morgan fingerprint density at radius 2 is 1.65 bits per heavy atom. The summed E-state index contributed by atoms with van der Waals surface area (Å²) in [4.78, 5) is 12.0. The van der Waals surface area contributed by atoms with E-state index < -0.39 is 5.91 Å². The Balaban J connectivity index is 2.12. The number of nitrogens with zero attached hydrogens (tertiary/aromatic N) is 2. The second-order valence-corrected chi connectivity index (χ2v) is 6.42. The maximum atomic E-state index is 12.0. The lowest BCUT2D eigenvalue weighted by Crippen LogP contribution is -2.21. The van der Waals surface area contributed by atoms with E-state index in [-0.39, 0.29) is 37.5 Å². The van der Waals surface area contributed by atoms with Crippen LogP contribution >= 0.6 is 58.0 Å². The van der Waals surface area contributed by atoms with Crippen molar-refractivity contribution in [2.75, 3.05) is 11.9 Å². The van der Waals surface area contributed by atoms with Crippen LogP contribution in [0.25, 0.3) is 0 Å². The number of rotatable bonds is 4. The van der Waals surface area contributed by atoms with Crippen LogP contribution in [0.5, 0.6) is 5.75 Å². The zero-order valence-corrected chi connectivity index (χ0v) is 15.7. The molecule has 1 amide bonds. The number of benzene rings is 1. The van der Waals surface area contributed by atoms with E-state index in [0.29, 0.717) is 5.82 Å². The first-order valence-corrected chi connectivity index (χ1v) is 8.06. The molecular weight excluding hydrogens is 407 g/mol. The largest absolute Gasteiger partial charge is 0.481 e. The Hall–Kier alpha value is -0.850. The van der Waals surface area contributed by atoms with Gasteiger partial charge in [0, 0.05) is 13.1 Å². The molecule has 0 unspecified atom stereocenters. The third-order valence-corrected chi connectivity index (χ3v) is 5.03. The maximum Gasteiger partial charge on any atom is 0.263 e. The van der Waals surface area contributed by atoms with Gasteiger partial charge in [0.15, 0.2) is 12.4 Å². The molecule has 1 heterocycles. The van der Waals surface area contributed by atoms with Crippen LogP contribution in [-0.2, 0) is 11.8 Å². The molecule has 0 atom stereocenters. The minimum absolute atomic E-state index is 0.000371. The molecule has 1 aromatic carbocycles. The van der Waals surface area contributed by atoms with Gasteiger partial charge in [0.2, 0.25) is 0 Å². The molecule has 23 heavy (non-hydrogen) atoms. The van der Waals surface area contributed by atoms with Gasteiger partial charge in [-0.2, -0.15) is 5.10 Å². The third kappa shape index (κ3) is 3.98. The Labute approximate surface area is 157 Å². The lowest BCUT2D eigenvalue weighted by molar-refractivity contribution is -0.118. The predicted octanol–water partition coefficient (Wildman–Crippen LogP) is 5.01. The van der Waals surface area contributed by atoms with Crippen molar-refractivity contribution in [2.45, 2.75) is 6.92 Å². The summed E-state index contributed by atoms with van der Waals surface area (Å²) in [5, 5.41) is 6.74. The van der Waals surface area contributed by atoms with Gasteiger partial charge < -0.3 is 10.1 Å². The number of amides is 1. The number of carbonyl (C=O) groups is 1. The van der Waals surface area contributed by atoms with Crippen LogP contribution < -0.4 is 10.1 Å². The Kier molecular flexibility index (Phi) is 5.92. The van der Waals surface area contributed by atoms with Crippen molar-refractivity contribution in [1.82, 2.24) is 9.78 Å². The zero-order chi connectivity index (χ0) is 17.3. The van der Waals surface area contributed by atoms with Crippen molar-refractivity contribution < 1.29 is 9.53 Å². The number of aromatic nitrogens is 2. The molecular formula is C13H10Cl5N3O2. The molecule has 0 aliphatic carbocycles. The van der Waals surface area contributed by atoms with Crippen molar-refractivity contribution in [2.24, 2.45) is 7.05 Å². The molecule has 10 heteroatoms. The molecule has 0 radical (unpaired) electrons.